The van der Waals surface area contributed by atoms with Crippen LogP contribution in [0.3, 0.4) is 0 Å². The number of H-pyrrole nitrogens is 1. The Morgan fingerprint density at radius 2 is 1.71 bits per heavy atom. The molecule has 0 bridgehead atoms. The minimum absolute atomic E-state index is 0.126. The molecule has 0 saturated heterocycles. The van der Waals surface area contributed by atoms with E-state index < -0.39 is 0 Å². The molecule has 4 aromatic rings. The number of nitrogens with one attached hydrogen (secondary N) is 2. The van der Waals surface area contributed by atoms with Gasteiger partial charge in [-0.2, -0.15) is 5.10 Å². The van der Waals surface area contributed by atoms with E-state index >= 15 is 0 Å². The molecule has 1 aromatic heterocycles. The third kappa shape index (κ3) is 3.85. The number of hydrogen-bond acceptors (Lipinski definition) is 3. The highest BCUT2D eigenvalue weighted by molar-refractivity contribution is 7.98. The maximum absolute atomic E-state index is 12.6. The zero-order valence-electron chi connectivity index (χ0n) is 15.3. The molecule has 28 heavy (non-hydrogen) atoms. The molecule has 0 spiro atoms. The van der Waals surface area contributed by atoms with Gasteiger partial charge in [-0.3, -0.25) is 9.89 Å². The summed E-state index contributed by atoms with van der Waals surface area (Å²) in [6.07, 6.45) is 5.94. The van der Waals surface area contributed by atoms with Gasteiger partial charge in [-0.25, -0.2) is 0 Å². The van der Waals surface area contributed by atoms with Crippen LogP contribution in [0.2, 0.25) is 0 Å². The summed E-state index contributed by atoms with van der Waals surface area (Å²) in [5.74, 6) is -0.126. The normalized spacial score (nSPS) is 11.2. The summed E-state index contributed by atoms with van der Waals surface area (Å²) in [4.78, 5) is 13.7. The molecule has 0 saturated carbocycles. The first-order chi connectivity index (χ1) is 13.7. The van der Waals surface area contributed by atoms with Gasteiger partial charge >= 0.3 is 0 Å². The van der Waals surface area contributed by atoms with Crippen molar-refractivity contribution in [1.29, 1.82) is 0 Å². The molecule has 2 N–H and O–H groups in total. The highest BCUT2D eigenvalue weighted by Crippen LogP contribution is 2.22. The molecule has 0 atom stereocenters. The number of hydrogen-bond donors (Lipinski definition) is 2. The lowest BCUT2D eigenvalue weighted by molar-refractivity contribution is 0.102. The first kappa shape index (κ1) is 18.1. The Kier molecular flexibility index (Phi) is 5.26. The third-order valence-electron chi connectivity index (χ3n) is 4.48. The lowest BCUT2D eigenvalue weighted by Gasteiger charge is -2.09. The molecule has 4 nitrogen and oxygen atoms in total. The number of amides is 1. The van der Waals surface area contributed by atoms with E-state index in [0.29, 0.717) is 5.56 Å². The van der Waals surface area contributed by atoms with E-state index in [1.165, 1.54) is 0 Å². The molecule has 0 aliphatic rings. The monoisotopic (exact) mass is 385 g/mol. The van der Waals surface area contributed by atoms with Crippen LogP contribution in [-0.2, 0) is 0 Å². The lowest BCUT2D eigenvalue weighted by atomic mass is 10.1. The molecule has 138 valence electrons. The van der Waals surface area contributed by atoms with Gasteiger partial charge in [0.05, 0.1) is 11.2 Å². The Balaban J connectivity index is 1.57. The number of benzene rings is 3. The SMILES string of the molecule is CSc1ccc(C(=O)Nc2ccccc2C=Cc2n[nH]c3ccccc23)cc1. The largest absolute Gasteiger partial charge is 0.321 e. The molecule has 5 heteroatoms. The minimum Gasteiger partial charge on any atom is -0.321 e. The van der Waals surface area contributed by atoms with E-state index in [2.05, 4.69) is 15.5 Å². The predicted molar refractivity (Wildman–Crippen MR) is 118 cm³/mol. The van der Waals surface area contributed by atoms with Crippen LogP contribution in [0.4, 0.5) is 5.69 Å². The molecule has 0 unspecified atom stereocenters. The van der Waals surface area contributed by atoms with Crippen molar-refractivity contribution in [3.63, 3.8) is 0 Å². The smallest absolute Gasteiger partial charge is 0.255 e. The van der Waals surface area contributed by atoms with Crippen LogP contribution in [0.15, 0.2) is 77.7 Å². The van der Waals surface area contributed by atoms with Crippen molar-refractivity contribution >= 4 is 46.4 Å². The highest BCUT2D eigenvalue weighted by atomic mass is 32.2. The first-order valence-corrected chi connectivity index (χ1v) is 10.1. The summed E-state index contributed by atoms with van der Waals surface area (Å²) in [5, 5.41) is 11.5. The fourth-order valence-electron chi connectivity index (χ4n) is 2.97. The number of thioether (sulfide) groups is 1. The van der Waals surface area contributed by atoms with Gasteiger partial charge in [0.2, 0.25) is 0 Å². The average Bonchev–Trinajstić information content (AvgIpc) is 3.16. The lowest BCUT2D eigenvalue weighted by Crippen LogP contribution is -2.12. The van der Waals surface area contributed by atoms with Crippen LogP contribution in [0.5, 0.6) is 0 Å². The van der Waals surface area contributed by atoms with Crippen molar-refractivity contribution in [3.05, 3.63) is 89.6 Å². The summed E-state index contributed by atoms with van der Waals surface area (Å²) in [6.45, 7) is 0. The number of anilines is 1. The van der Waals surface area contributed by atoms with Crippen LogP contribution >= 0.6 is 11.8 Å². The Labute approximate surface area is 167 Å². The number of rotatable bonds is 5. The third-order valence-corrected chi connectivity index (χ3v) is 5.23. The zero-order chi connectivity index (χ0) is 19.3. The molecule has 1 amide bonds. The van der Waals surface area contributed by atoms with Crippen molar-refractivity contribution in [2.75, 3.05) is 11.6 Å². The van der Waals surface area contributed by atoms with Gasteiger partial charge in [0.1, 0.15) is 0 Å². The molecule has 4 rings (SSSR count). The van der Waals surface area contributed by atoms with E-state index in [-0.39, 0.29) is 5.91 Å². The van der Waals surface area contributed by atoms with Crippen LogP contribution in [0.1, 0.15) is 21.6 Å². The quantitative estimate of drug-likeness (QED) is 0.433. The van der Waals surface area contributed by atoms with Crippen molar-refractivity contribution < 1.29 is 4.79 Å². The number of nitrogens with zero attached hydrogens (tertiary/aromatic N) is 1. The number of aromatic nitrogens is 2. The van der Waals surface area contributed by atoms with Crippen molar-refractivity contribution in [2.24, 2.45) is 0 Å². The molecular weight excluding hydrogens is 366 g/mol. The summed E-state index contributed by atoms with van der Waals surface area (Å²) in [7, 11) is 0. The second-order valence-electron chi connectivity index (χ2n) is 6.26. The summed E-state index contributed by atoms with van der Waals surface area (Å²) >= 11 is 1.65. The second kappa shape index (κ2) is 8.15. The minimum atomic E-state index is -0.126. The summed E-state index contributed by atoms with van der Waals surface area (Å²) < 4.78 is 0. The Morgan fingerprint density at radius 1 is 0.964 bits per heavy atom. The van der Waals surface area contributed by atoms with E-state index in [1.807, 2.05) is 91.2 Å². The molecule has 3 aromatic carbocycles. The van der Waals surface area contributed by atoms with Crippen LogP contribution < -0.4 is 5.32 Å². The maximum Gasteiger partial charge on any atom is 0.255 e. The standard InChI is InChI=1S/C23H19N3OS/c1-28-18-13-10-17(11-14-18)23(27)24-20-8-4-2-6-16(20)12-15-22-19-7-3-5-9-21(19)25-26-22/h2-15H,1H3,(H,24,27)(H,25,26). The first-order valence-electron chi connectivity index (χ1n) is 8.90. The highest BCUT2D eigenvalue weighted by Gasteiger charge is 2.08. The Bertz CT molecular complexity index is 1150. The fraction of sp³-hybridized carbons (Fsp3) is 0.0435. The number of carbonyl (C=O) groups excluding carboxylic acids is 1. The Morgan fingerprint density at radius 3 is 2.54 bits per heavy atom. The van der Waals surface area contributed by atoms with Gasteiger partial charge in [0.25, 0.3) is 5.91 Å². The van der Waals surface area contributed by atoms with Gasteiger partial charge in [-0.15, -0.1) is 11.8 Å². The number of para-hydroxylation sites is 2. The molecular formula is C23H19N3OS. The van der Waals surface area contributed by atoms with E-state index in [4.69, 9.17) is 0 Å². The molecule has 0 aliphatic heterocycles. The van der Waals surface area contributed by atoms with Gasteiger partial charge in [0, 0.05) is 21.5 Å². The van der Waals surface area contributed by atoms with E-state index in [0.717, 1.165) is 32.7 Å². The predicted octanol–water partition coefficient (Wildman–Crippen LogP) is 5.71. The molecule has 0 fully saturated rings. The van der Waals surface area contributed by atoms with Crippen molar-refractivity contribution in [2.45, 2.75) is 4.90 Å². The maximum atomic E-state index is 12.6. The zero-order valence-corrected chi connectivity index (χ0v) is 16.2. The van der Waals surface area contributed by atoms with E-state index in [9.17, 15) is 4.79 Å². The number of carbonyl (C=O) groups is 1. The van der Waals surface area contributed by atoms with Crippen molar-refractivity contribution in [1.82, 2.24) is 10.2 Å². The molecule has 1 heterocycles. The Hall–Kier alpha value is -3.31. The topological polar surface area (TPSA) is 57.8 Å². The van der Waals surface area contributed by atoms with Crippen LogP contribution in [0.25, 0.3) is 23.1 Å². The van der Waals surface area contributed by atoms with Gasteiger partial charge in [0.15, 0.2) is 0 Å². The van der Waals surface area contributed by atoms with E-state index in [1.54, 1.807) is 11.8 Å². The second-order valence-corrected chi connectivity index (χ2v) is 7.14. The average molecular weight is 385 g/mol. The summed E-state index contributed by atoms with van der Waals surface area (Å²) in [5.41, 5.74) is 4.18. The number of aromatic amines is 1. The van der Waals surface area contributed by atoms with Crippen LogP contribution in [-0.4, -0.2) is 22.4 Å². The fourth-order valence-corrected chi connectivity index (χ4v) is 3.38. The number of fused-ring (bicyclic) bond motifs is 1. The molecule has 0 radical (unpaired) electrons. The van der Waals surface area contributed by atoms with Gasteiger partial charge in [-0.05, 0) is 54.3 Å². The summed E-state index contributed by atoms with van der Waals surface area (Å²) in [6, 6.07) is 23.3. The van der Waals surface area contributed by atoms with Gasteiger partial charge < -0.3 is 5.32 Å². The van der Waals surface area contributed by atoms with Crippen molar-refractivity contribution in [3.8, 4) is 0 Å². The molecule has 0 aliphatic carbocycles. The van der Waals surface area contributed by atoms with Gasteiger partial charge in [-0.1, -0.05) is 42.5 Å². The van der Waals surface area contributed by atoms with Crippen LogP contribution in [0, 0.1) is 0 Å².